The second-order valence-corrected chi connectivity index (χ2v) is 10.0. The second kappa shape index (κ2) is 15.9. The Morgan fingerprint density at radius 1 is 1.06 bits per heavy atom. The number of ketones is 1. The van der Waals surface area contributed by atoms with E-state index in [1.807, 2.05) is 12.1 Å². The van der Waals surface area contributed by atoms with Crippen LogP contribution in [-0.4, -0.2) is 60.6 Å². The minimum Gasteiger partial charge on any atom is -0.466 e. The molecule has 36 heavy (non-hydrogen) atoms. The molecular weight excluding hydrogens is 506 g/mol. The second-order valence-electron chi connectivity index (χ2n) is 8.85. The molecule has 1 aliphatic rings. The van der Waals surface area contributed by atoms with Crippen LogP contribution in [0.25, 0.3) is 0 Å². The summed E-state index contributed by atoms with van der Waals surface area (Å²) in [5.74, 6) is -1.28. The summed E-state index contributed by atoms with van der Waals surface area (Å²) in [4.78, 5) is 48.9. The first kappa shape index (κ1) is 30.1. The molecule has 0 aliphatic carbocycles. The molecule has 1 aliphatic heterocycles. The lowest BCUT2D eigenvalue weighted by molar-refractivity contribution is -0.175. The molecule has 0 saturated carbocycles. The fraction of sp³-hybridized carbons (Fsp3) is 0.615. The number of benzene rings is 1. The Kier molecular flexibility index (Phi) is 13.3. The molecule has 1 unspecified atom stereocenters. The van der Waals surface area contributed by atoms with E-state index in [-0.39, 0.29) is 36.6 Å². The maximum atomic E-state index is 12.8. The van der Waals surface area contributed by atoms with Crippen molar-refractivity contribution in [1.29, 1.82) is 0 Å². The first-order valence-corrected chi connectivity index (χ1v) is 13.8. The smallest absolute Gasteiger partial charge is 0.306 e. The molecule has 1 heterocycles. The molecule has 8 nitrogen and oxygen atoms in total. The predicted molar refractivity (Wildman–Crippen MR) is 138 cm³/mol. The highest BCUT2D eigenvalue weighted by Crippen LogP contribution is 2.43. The number of unbranched alkanes of at least 4 members (excludes halogenated alkanes) is 2. The number of carbonyl (C=O) groups is 4. The number of hydrogen-bond acceptors (Lipinski definition) is 8. The molecule has 0 aromatic heterocycles. The summed E-state index contributed by atoms with van der Waals surface area (Å²) < 4.78 is 17.5. The van der Waals surface area contributed by atoms with Gasteiger partial charge in [-0.1, -0.05) is 48.2 Å². The zero-order chi connectivity index (χ0) is 26.5. The summed E-state index contributed by atoms with van der Waals surface area (Å²) in [6.45, 7) is 2.33. The van der Waals surface area contributed by atoms with Gasteiger partial charge in [0.15, 0.2) is 0 Å². The van der Waals surface area contributed by atoms with Crippen molar-refractivity contribution in [2.24, 2.45) is 5.92 Å². The van der Waals surface area contributed by atoms with Gasteiger partial charge in [-0.15, -0.1) is 0 Å². The molecular formula is C26H36ClNO7S. The Morgan fingerprint density at radius 3 is 2.47 bits per heavy atom. The molecule has 2 rings (SSSR count). The highest BCUT2D eigenvalue weighted by molar-refractivity contribution is 7.96. The van der Waals surface area contributed by atoms with E-state index in [9.17, 15) is 19.2 Å². The van der Waals surface area contributed by atoms with E-state index in [2.05, 4.69) is 0 Å². The van der Waals surface area contributed by atoms with Crippen molar-refractivity contribution in [3.05, 3.63) is 34.9 Å². The Hall–Kier alpha value is -2.10. The number of esters is 2. The molecule has 200 valence electrons. The lowest BCUT2D eigenvalue weighted by Gasteiger charge is -2.44. The monoisotopic (exact) mass is 541 g/mol. The van der Waals surface area contributed by atoms with Gasteiger partial charge in [0.05, 0.1) is 6.61 Å². The number of amides is 1. The molecule has 0 bridgehead atoms. The zero-order valence-corrected chi connectivity index (χ0v) is 22.8. The average Bonchev–Trinajstić information content (AvgIpc) is 2.84. The van der Waals surface area contributed by atoms with Crippen LogP contribution in [0.1, 0.15) is 69.9 Å². The summed E-state index contributed by atoms with van der Waals surface area (Å²) in [7, 11) is 1.65. The maximum Gasteiger partial charge on any atom is 0.306 e. The predicted octanol–water partition coefficient (Wildman–Crippen LogP) is 4.93. The fourth-order valence-corrected chi connectivity index (χ4v) is 5.03. The third-order valence-corrected chi connectivity index (χ3v) is 7.20. The van der Waals surface area contributed by atoms with Gasteiger partial charge in [0.1, 0.15) is 11.8 Å². The molecule has 3 atom stereocenters. The Labute approximate surface area is 222 Å². The lowest BCUT2D eigenvalue weighted by Crippen LogP contribution is -2.57. The van der Waals surface area contributed by atoms with Crippen molar-refractivity contribution >= 4 is 47.2 Å². The van der Waals surface area contributed by atoms with Crippen LogP contribution in [0.4, 0.5) is 0 Å². The van der Waals surface area contributed by atoms with Gasteiger partial charge in [-0.2, -0.15) is 0 Å². The van der Waals surface area contributed by atoms with Crippen molar-refractivity contribution < 1.29 is 33.4 Å². The molecule has 10 heteroatoms. The standard InChI is InChI=1S/C26H36ClNO7S/c1-18(29)12-13-19(14-16-34-22(30)11-5-4-8-15-33-2)17-23(31)35-25-24(28(36-3)26(25)32)20-9-6-7-10-21(20)27/h6-7,9-10,19,24-25H,4-5,8,11-17H2,1-3H3/t19?,24-,25+/m0/s1. The van der Waals surface area contributed by atoms with E-state index in [0.717, 1.165) is 19.3 Å². The molecule has 1 aromatic rings. The summed E-state index contributed by atoms with van der Waals surface area (Å²) in [6.07, 6.45) is 4.93. The van der Waals surface area contributed by atoms with Crippen molar-refractivity contribution in [3.63, 3.8) is 0 Å². The van der Waals surface area contributed by atoms with Crippen LogP contribution in [0.5, 0.6) is 0 Å². The molecule has 1 aromatic carbocycles. The van der Waals surface area contributed by atoms with Crippen molar-refractivity contribution in [3.8, 4) is 0 Å². The van der Waals surface area contributed by atoms with Crippen molar-refractivity contribution in [2.75, 3.05) is 26.6 Å². The number of ether oxygens (including phenoxy) is 3. The largest absolute Gasteiger partial charge is 0.466 e. The minimum atomic E-state index is -0.950. The molecule has 1 fully saturated rings. The van der Waals surface area contributed by atoms with Gasteiger partial charge in [0, 0.05) is 44.3 Å². The highest BCUT2D eigenvalue weighted by atomic mass is 35.5. The normalized spacial score (nSPS) is 17.9. The number of halogens is 1. The summed E-state index contributed by atoms with van der Waals surface area (Å²) in [5, 5.41) is 0.495. The van der Waals surface area contributed by atoms with Crippen LogP contribution in [0.2, 0.25) is 5.02 Å². The van der Waals surface area contributed by atoms with E-state index in [0.29, 0.717) is 42.9 Å². The molecule has 0 spiro atoms. The highest BCUT2D eigenvalue weighted by Gasteiger charge is 2.51. The molecule has 1 amide bonds. The topological polar surface area (TPSA) is 99.2 Å². The van der Waals surface area contributed by atoms with Gasteiger partial charge < -0.3 is 19.0 Å². The van der Waals surface area contributed by atoms with Gasteiger partial charge in [-0.3, -0.25) is 18.7 Å². The van der Waals surface area contributed by atoms with Crippen LogP contribution in [0, 0.1) is 5.92 Å². The summed E-state index contributed by atoms with van der Waals surface area (Å²) >= 11 is 7.58. The number of rotatable bonds is 17. The number of nitrogens with zero attached hydrogens (tertiary/aromatic N) is 1. The van der Waals surface area contributed by atoms with Crippen LogP contribution in [0.15, 0.2) is 24.3 Å². The summed E-state index contributed by atoms with van der Waals surface area (Å²) in [5.41, 5.74) is 0.716. The Bertz CT molecular complexity index is 897. The van der Waals surface area contributed by atoms with Gasteiger partial charge in [-0.25, -0.2) is 0 Å². The maximum absolute atomic E-state index is 12.8. The third-order valence-electron chi connectivity index (χ3n) is 6.06. The number of Topliss-reactive ketones (excluding diaryl/α,β-unsaturated/α-hetero) is 1. The fourth-order valence-electron chi connectivity index (χ4n) is 4.05. The number of β-lactam (4-membered cyclic amide) rings is 1. The molecule has 0 N–H and O–H groups in total. The minimum absolute atomic E-state index is 0.0185. The van der Waals surface area contributed by atoms with Crippen LogP contribution < -0.4 is 0 Å². The van der Waals surface area contributed by atoms with E-state index >= 15 is 0 Å². The SMILES string of the molecule is COCCCCCC(=O)OCCC(CCC(C)=O)CC(=O)O[C@H]1C(=O)N(SC)[C@H]1c1ccccc1Cl. The quantitative estimate of drug-likeness (QED) is 0.118. The third kappa shape index (κ3) is 9.41. The molecule has 0 radical (unpaired) electrons. The van der Waals surface area contributed by atoms with E-state index in [4.69, 9.17) is 25.8 Å². The van der Waals surface area contributed by atoms with Gasteiger partial charge in [-0.05, 0) is 50.2 Å². The van der Waals surface area contributed by atoms with Gasteiger partial charge in [0.25, 0.3) is 5.91 Å². The average molecular weight is 542 g/mol. The summed E-state index contributed by atoms with van der Waals surface area (Å²) in [6, 6.07) is 6.69. The number of carbonyl (C=O) groups excluding carboxylic acids is 4. The van der Waals surface area contributed by atoms with Crippen LogP contribution in [0.3, 0.4) is 0 Å². The van der Waals surface area contributed by atoms with Crippen LogP contribution in [-0.2, 0) is 33.4 Å². The van der Waals surface area contributed by atoms with Crippen LogP contribution >= 0.6 is 23.5 Å². The van der Waals surface area contributed by atoms with Crippen molar-refractivity contribution in [2.45, 2.75) is 70.4 Å². The lowest BCUT2D eigenvalue weighted by atomic mass is 9.93. The van der Waals surface area contributed by atoms with E-state index in [1.54, 1.807) is 29.8 Å². The zero-order valence-electron chi connectivity index (χ0n) is 21.2. The number of hydrogen-bond donors (Lipinski definition) is 0. The van der Waals surface area contributed by atoms with E-state index in [1.165, 1.54) is 18.9 Å². The first-order valence-electron chi connectivity index (χ1n) is 12.2. The van der Waals surface area contributed by atoms with Crippen molar-refractivity contribution in [1.82, 2.24) is 4.31 Å². The van der Waals surface area contributed by atoms with Gasteiger partial charge in [0.2, 0.25) is 6.10 Å². The first-order chi connectivity index (χ1) is 17.3. The Morgan fingerprint density at radius 2 is 1.81 bits per heavy atom. The number of methoxy groups -OCH3 is 1. The van der Waals surface area contributed by atoms with Gasteiger partial charge >= 0.3 is 11.9 Å². The Balaban J connectivity index is 1.89. The van der Waals surface area contributed by atoms with E-state index < -0.39 is 18.1 Å². The molecule has 1 saturated heterocycles.